The maximum absolute atomic E-state index is 10.8. The van der Waals surface area contributed by atoms with Gasteiger partial charge in [0, 0.05) is 5.75 Å². The molecule has 6 N–H and O–H groups in total. The minimum absolute atomic E-state index is 0.269. The van der Waals surface area contributed by atoms with E-state index in [1.54, 1.807) is 0 Å². The molecule has 0 saturated carbocycles. The van der Waals surface area contributed by atoms with Crippen molar-refractivity contribution in [1.82, 2.24) is 0 Å². The SMILES string of the molecule is NCCCSCC(P(=O)(O)O)P(=O)(O)O. The van der Waals surface area contributed by atoms with Gasteiger partial charge in [-0.05, 0) is 18.7 Å². The molecule has 7 nitrogen and oxygen atoms in total. The van der Waals surface area contributed by atoms with Gasteiger partial charge in [-0.25, -0.2) is 0 Å². The second kappa shape index (κ2) is 6.37. The Balaban J connectivity index is 4.30. The summed E-state index contributed by atoms with van der Waals surface area (Å²) in [6.07, 6.45) is 0.639. The predicted octanol–water partition coefficient (Wildman–Crippen LogP) is -0.250. The first-order chi connectivity index (χ1) is 6.69. The van der Waals surface area contributed by atoms with Crippen molar-refractivity contribution in [3.63, 3.8) is 0 Å². The quantitative estimate of drug-likeness (QED) is 0.317. The van der Waals surface area contributed by atoms with Gasteiger partial charge in [0.05, 0.1) is 0 Å². The molecule has 0 radical (unpaired) electrons. The molecule has 0 aromatic heterocycles. The van der Waals surface area contributed by atoms with E-state index in [-0.39, 0.29) is 5.75 Å². The normalized spacial score (nSPS) is 13.5. The zero-order valence-electron chi connectivity index (χ0n) is 7.89. The fraction of sp³-hybridized carbons (Fsp3) is 1.00. The van der Waals surface area contributed by atoms with Crippen molar-refractivity contribution in [2.75, 3.05) is 18.1 Å². The van der Waals surface area contributed by atoms with Gasteiger partial charge in [-0.1, -0.05) is 0 Å². The highest BCUT2D eigenvalue weighted by atomic mass is 32.2. The Hall–Kier alpha value is 0.610. The van der Waals surface area contributed by atoms with E-state index in [2.05, 4.69) is 0 Å². The maximum Gasteiger partial charge on any atom is 0.341 e. The van der Waals surface area contributed by atoms with Crippen LogP contribution in [0.3, 0.4) is 0 Å². The molecule has 15 heavy (non-hydrogen) atoms. The van der Waals surface area contributed by atoms with Crippen LogP contribution in [-0.2, 0) is 9.13 Å². The number of thioether (sulfide) groups is 1. The molecule has 0 aliphatic rings. The Kier molecular flexibility index (Phi) is 6.63. The van der Waals surface area contributed by atoms with E-state index in [1.807, 2.05) is 0 Å². The van der Waals surface area contributed by atoms with Crippen LogP contribution < -0.4 is 5.73 Å². The van der Waals surface area contributed by atoms with Gasteiger partial charge >= 0.3 is 15.2 Å². The van der Waals surface area contributed by atoms with Crippen LogP contribution in [-0.4, -0.2) is 43.0 Å². The molecule has 0 aromatic carbocycles. The molecule has 92 valence electrons. The van der Waals surface area contributed by atoms with Crippen LogP contribution in [0.5, 0.6) is 0 Å². The second-order valence-corrected chi connectivity index (χ2v) is 8.04. The van der Waals surface area contributed by atoms with Crippen molar-refractivity contribution < 1.29 is 28.7 Å². The standard InChI is InChI=1S/C5H15NO6P2S/c6-2-1-3-15-4-5(13(7,8)9)14(10,11)12/h5H,1-4,6H2,(H2,7,8,9)(H2,10,11,12). The van der Waals surface area contributed by atoms with Crippen LogP contribution in [0, 0.1) is 0 Å². The van der Waals surface area contributed by atoms with Gasteiger partial charge in [-0.15, -0.1) is 0 Å². The smallest absolute Gasteiger partial charge is 0.330 e. The first-order valence-electron chi connectivity index (χ1n) is 4.08. The summed E-state index contributed by atoms with van der Waals surface area (Å²) in [4.78, 5) is 35.0. The molecular weight excluding hydrogens is 264 g/mol. The Morgan fingerprint density at radius 2 is 1.60 bits per heavy atom. The van der Waals surface area contributed by atoms with Gasteiger partial charge in [0.1, 0.15) is 0 Å². The third kappa shape index (κ3) is 6.71. The molecule has 0 heterocycles. The topological polar surface area (TPSA) is 141 Å². The highest BCUT2D eigenvalue weighted by Crippen LogP contribution is 2.60. The zero-order valence-corrected chi connectivity index (χ0v) is 10.5. The molecule has 0 unspecified atom stereocenters. The van der Waals surface area contributed by atoms with Crippen LogP contribution in [0.4, 0.5) is 0 Å². The van der Waals surface area contributed by atoms with E-state index in [1.165, 1.54) is 0 Å². The Morgan fingerprint density at radius 3 is 1.93 bits per heavy atom. The summed E-state index contributed by atoms with van der Waals surface area (Å²) < 4.78 is 21.6. The molecule has 0 aliphatic carbocycles. The maximum atomic E-state index is 10.8. The predicted molar refractivity (Wildman–Crippen MR) is 58.9 cm³/mol. The van der Waals surface area contributed by atoms with Crippen molar-refractivity contribution in [2.45, 2.75) is 11.8 Å². The lowest BCUT2D eigenvalue weighted by molar-refractivity contribution is 0.343. The zero-order chi connectivity index (χ0) is 12.1. The molecule has 0 saturated heterocycles. The summed E-state index contributed by atoms with van der Waals surface area (Å²) in [5.41, 5.74) is 5.20. The Bertz CT molecular complexity index is 253. The number of hydrogen-bond acceptors (Lipinski definition) is 4. The lowest BCUT2D eigenvalue weighted by Gasteiger charge is -2.18. The fourth-order valence-electron chi connectivity index (χ4n) is 0.764. The third-order valence-electron chi connectivity index (χ3n) is 1.54. The molecule has 10 heteroatoms. The summed E-state index contributed by atoms with van der Waals surface area (Å²) in [6, 6.07) is 0. The minimum atomic E-state index is -4.76. The van der Waals surface area contributed by atoms with E-state index in [0.29, 0.717) is 18.7 Å². The van der Waals surface area contributed by atoms with Crippen molar-refractivity contribution in [3.05, 3.63) is 0 Å². The van der Waals surface area contributed by atoms with Crippen LogP contribution in [0.2, 0.25) is 0 Å². The van der Waals surface area contributed by atoms with Gasteiger partial charge in [0.25, 0.3) is 0 Å². The molecule has 0 aromatic rings. The van der Waals surface area contributed by atoms with Gasteiger partial charge < -0.3 is 25.3 Å². The van der Waals surface area contributed by atoms with Crippen molar-refractivity contribution >= 4 is 27.0 Å². The van der Waals surface area contributed by atoms with Gasteiger partial charge in [0.2, 0.25) is 0 Å². The van der Waals surface area contributed by atoms with E-state index in [9.17, 15) is 9.13 Å². The summed E-state index contributed by atoms with van der Waals surface area (Å²) in [5, 5.41) is -1.91. The largest absolute Gasteiger partial charge is 0.341 e. The van der Waals surface area contributed by atoms with Crippen molar-refractivity contribution in [1.29, 1.82) is 0 Å². The van der Waals surface area contributed by atoms with Crippen LogP contribution >= 0.6 is 27.0 Å². The summed E-state index contributed by atoms with van der Waals surface area (Å²) in [7, 11) is -9.52. The monoisotopic (exact) mass is 279 g/mol. The number of nitrogens with two attached hydrogens (primary N) is 1. The molecule has 0 fully saturated rings. The summed E-state index contributed by atoms with van der Waals surface area (Å²) >= 11 is 1.08. The molecule has 0 rings (SSSR count). The summed E-state index contributed by atoms with van der Waals surface area (Å²) in [6.45, 7) is 0.434. The lowest BCUT2D eigenvalue weighted by Crippen LogP contribution is -2.13. The molecule has 0 spiro atoms. The average molecular weight is 279 g/mol. The second-order valence-electron chi connectivity index (χ2n) is 2.88. The summed E-state index contributed by atoms with van der Waals surface area (Å²) in [5.74, 6) is 0.252. The van der Waals surface area contributed by atoms with E-state index in [0.717, 1.165) is 11.8 Å². The number of rotatable bonds is 7. The minimum Gasteiger partial charge on any atom is -0.330 e. The molecule has 0 amide bonds. The van der Waals surface area contributed by atoms with E-state index in [4.69, 9.17) is 25.3 Å². The average Bonchev–Trinajstić information content (AvgIpc) is 1.99. The highest BCUT2D eigenvalue weighted by molar-refractivity contribution is 8.00. The number of hydrogen-bond donors (Lipinski definition) is 5. The Morgan fingerprint density at radius 1 is 1.13 bits per heavy atom. The van der Waals surface area contributed by atoms with Crippen LogP contribution in [0.25, 0.3) is 0 Å². The van der Waals surface area contributed by atoms with Gasteiger partial charge in [-0.2, -0.15) is 11.8 Å². The molecule has 0 bridgehead atoms. The fourth-order valence-corrected chi connectivity index (χ4v) is 5.27. The molecule has 0 atom stereocenters. The van der Waals surface area contributed by atoms with Gasteiger partial charge in [-0.3, -0.25) is 9.13 Å². The lowest BCUT2D eigenvalue weighted by atomic mass is 10.5. The first-order valence-corrected chi connectivity index (χ1v) is 8.59. The van der Waals surface area contributed by atoms with Crippen molar-refractivity contribution in [2.24, 2.45) is 5.73 Å². The highest BCUT2D eigenvalue weighted by Gasteiger charge is 2.42. The first kappa shape index (κ1) is 15.6. The van der Waals surface area contributed by atoms with Crippen molar-refractivity contribution in [3.8, 4) is 0 Å². The van der Waals surface area contributed by atoms with Gasteiger partial charge in [0.15, 0.2) is 5.40 Å². The Labute approximate surface area is 91.8 Å². The van der Waals surface area contributed by atoms with Crippen LogP contribution in [0.15, 0.2) is 0 Å². The third-order valence-corrected chi connectivity index (χ3v) is 6.90. The van der Waals surface area contributed by atoms with E-state index < -0.39 is 20.6 Å². The molecular formula is C5H15NO6P2S. The molecule has 0 aliphatic heterocycles. The van der Waals surface area contributed by atoms with Crippen LogP contribution in [0.1, 0.15) is 6.42 Å². The van der Waals surface area contributed by atoms with E-state index >= 15 is 0 Å².